The molecule has 0 saturated heterocycles. The number of pyridine rings is 1. The SMILES string of the molecule is CCc1cc2cc(C(F)(F)F)ccc2c(CC)n1. The van der Waals surface area contributed by atoms with Gasteiger partial charge in [0.05, 0.1) is 5.56 Å². The van der Waals surface area contributed by atoms with Crippen LogP contribution in [0.3, 0.4) is 0 Å². The Kier molecular flexibility index (Phi) is 3.28. The Balaban J connectivity index is 2.68. The van der Waals surface area contributed by atoms with Gasteiger partial charge in [0.25, 0.3) is 0 Å². The second kappa shape index (κ2) is 4.59. The Labute approximate surface area is 104 Å². The molecule has 2 rings (SSSR count). The third-order valence-electron chi connectivity index (χ3n) is 2.99. The lowest BCUT2D eigenvalue weighted by molar-refractivity contribution is -0.137. The fourth-order valence-electron chi connectivity index (χ4n) is 2.02. The molecule has 1 nitrogen and oxygen atoms in total. The summed E-state index contributed by atoms with van der Waals surface area (Å²) in [5.41, 5.74) is 1.09. The number of nitrogens with zero attached hydrogens (tertiary/aromatic N) is 1. The summed E-state index contributed by atoms with van der Waals surface area (Å²) >= 11 is 0. The Morgan fingerprint density at radius 1 is 1.06 bits per heavy atom. The van der Waals surface area contributed by atoms with Crippen molar-refractivity contribution in [3.63, 3.8) is 0 Å². The van der Waals surface area contributed by atoms with Crippen molar-refractivity contribution in [2.75, 3.05) is 0 Å². The molecule has 0 N–H and O–H groups in total. The molecule has 0 unspecified atom stereocenters. The molecule has 0 bridgehead atoms. The van der Waals surface area contributed by atoms with E-state index < -0.39 is 11.7 Å². The van der Waals surface area contributed by atoms with Crippen molar-refractivity contribution < 1.29 is 13.2 Å². The Morgan fingerprint density at radius 2 is 1.78 bits per heavy atom. The summed E-state index contributed by atoms with van der Waals surface area (Å²) in [5, 5.41) is 1.43. The van der Waals surface area contributed by atoms with Crippen molar-refractivity contribution in [3.8, 4) is 0 Å². The van der Waals surface area contributed by atoms with E-state index in [-0.39, 0.29) is 0 Å². The van der Waals surface area contributed by atoms with Crippen LogP contribution in [0.15, 0.2) is 24.3 Å². The predicted octanol–water partition coefficient (Wildman–Crippen LogP) is 4.38. The third-order valence-corrected chi connectivity index (χ3v) is 2.99. The van der Waals surface area contributed by atoms with E-state index in [2.05, 4.69) is 4.98 Å². The molecule has 0 saturated carbocycles. The molecule has 0 amide bonds. The largest absolute Gasteiger partial charge is 0.416 e. The van der Waals surface area contributed by atoms with Crippen molar-refractivity contribution in [1.82, 2.24) is 4.98 Å². The Hall–Kier alpha value is -1.58. The molecule has 4 heteroatoms. The zero-order valence-electron chi connectivity index (χ0n) is 10.3. The first kappa shape index (κ1) is 12.9. The third kappa shape index (κ3) is 2.33. The van der Waals surface area contributed by atoms with Gasteiger partial charge in [0, 0.05) is 16.8 Å². The maximum Gasteiger partial charge on any atom is 0.416 e. The Morgan fingerprint density at radius 3 is 2.33 bits per heavy atom. The van der Waals surface area contributed by atoms with Crippen LogP contribution in [0.1, 0.15) is 30.8 Å². The van der Waals surface area contributed by atoms with E-state index in [1.807, 2.05) is 13.8 Å². The quantitative estimate of drug-likeness (QED) is 0.774. The molecule has 0 aliphatic carbocycles. The first-order chi connectivity index (χ1) is 8.45. The van der Waals surface area contributed by atoms with Crippen molar-refractivity contribution >= 4 is 10.8 Å². The molecule has 0 spiro atoms. The highest BCUT2D eigenvalue weighted by Crippen LogP contribution is 2.32. The molecule has 0 aliphatic rings. The highest BCUT2D eigenvalue weighted by molar-refractivity contribution is 5.85. The number of rotatable bonds is 2. The predicted molar refractivity (Wildman–Crippen MR) is 65.5 cm³/mol. The molecule has 0 aliphatic heterocycles. The number of hydrogen-bond donors (Lipinski definition) is 0. The highest BCUT2D eigenvalue weighted by Gasteiger charge is 2.30. The standard InChI is InChI=1S/C14H14F3N/c1-3-11-8-9-7-10(14(15,16)17)5-6-12(9)13(4-2)18-11/h5-8H,3-4H2,1-2H3. The van der Waals surface area contributed by atoms with E-state index in [1.54, 1.807) is 6.07 Å². The maximum absolute atomic E-state index is 12.7. The first-order valence-electron chi connectivity index (χ1n) is 5.95. The molecule has 1 aromatic carbocycles. The van der Waals surface area contributed by atoms with Gasteiger partial charge in [-0.15, -0.1) is 0 Å². The zero-order chi connectivity index (χ0) is 13.3. The number of fused-ring (bicyclic) bond motifs is 1. The van der Waals surface area contributed by atoms with Crippen LogP contribution in [-0.4, -0.2) is 4.98 Å². The first-order valence-corrected chi connectivity index (χ1v) is 5.95. The second-order valence-electron chi connectivity index (χ2n) is 4.20. The molecular weight excluding hydrogens is 239 g/mol. The second-order valence-corrected chi connectivity index (χ2v) is 4.20. The molecular formula is C14H14F3N. The van der Waals surface area contributed by atoms with Crippen molar-refractivity contribution in [2.24, 2.45) is 0 Å². The van der Waals surface area contributed by atoms with Crippen LogP contribution in [0.5, 0.6) is 0 Å². The van der Waals surface area contributed by atoms with Gasteiger partial charge in [-0.05, 0) is 36.4 Å². The maximum atomic E-state index is 12.7. The molecule has 0 radical (unpaired) electrons. The van der Waals surface area contributed by atoms with Crippen LogP contribution in [0, 0.1) is 0 Å². The summed E-state index contributed by atoms with van der Waals surface area (Å²) in [6, 6.07) is 5.58. The molecule has 1 heterocycles. The van der Waals surface area contributed by atoms with E-state index >= 15 is 0 Å². The van der Waals surface area contributed by atoms with E-state index in [1.165, 1.54) is 12.1 Å². The summed E-state index contributed by atoms with van der Waals surface area (Å²) in [6.45, 7) is 3.90. The van der Waals surface area contributed by atoms with Crippen molar-refractivity contribution in [2.45, 2.75) is 32.9 Å². The minimum absolute atomic E-state index is 0.606. The molecule has 18 heavy (non-hydrogen) atoms. The van der Waals surface area contributed by atoms with Gasteiger partial charge in [0.1, 0.15) is 0 Å². The molecule has 0 fully saturated rings. The molecule has 96 valence electrons. The van der Waals surface area contributed by atoms with Crippen LogP contribution in [-0.2, 0) is 19.0 Å². The molecule has 2 aromatic rings. The van der Waals surface area contributed by atoms with Gasteiger partial charge in [0.2, 0.25) is 0 Å². The van der Waals surface area contributed by atoms with E-state index in [0.29, 0.717) is 5.39 Å². The highest BCUT2D eigenvalue weighted by atomic mass is 19.4. The topological polar surface area (TPSA) is 12.9 Å². The molecule has 0 atom stereocenters. The summed E-state index contributed by atoms with van der Waals surface area (Å²) in [5.74, 6) is 0. The number of halogens is 3. The minimum atomic E-state index is -4.30. The summed E-state index contributed by atoms with van der Waals surface area (Å²) in [6.07, 6.45) is -2.86. The lowest BCUT2D eigenvalue weighted by Gasteiger charge is -2.11. The average Bonchev–Trinajstić information content (AvgIpc) is 2.35. The fraction of sp³-hybridized carbons (Fsp3) is 0.357. The minimum Gasteiger partial charge on any atom is -0.257 e. The van der Waals surface area contributed by atoms with Gasteiger partial charge in [0.15, 0.2) is 0 Å². The summed E-state index contributed by atoms with van der Waals surface area (Å²) in [4.78, 5) is 4.45. The van der Waals surface area contributed by atoms with Crippen LogP contribution in [0.2, 0.25) is 0 Å². The number of aryl methyl sites for hydroxylation is 2. The van der Waals surface area contributed by atoms with E-state index in [0.717, 1.165) is 35.7 Å². The smallest absolute Gasteiger partial charge is 0.257 e. The Bertz CT molecular complexity index is 573. The monoisotopic (exact) mass is 253 g/mol. The van der Waals surface area contributed by atoms with E-state index in [4.69, 9.17) is 0 Å². The van der Waals surface area contributed by atoms with Gasteiger partial charge in [-0.25, -0.2) is 0 Å². The van der Waals surface area contributed by atoms with Gasteiger partial charge < -0.3 is 0 Å². The van der Waals surface area contributed by atoms with Crippen molar-refractivity contribution in [3.05, 3.63) is 41.2 Å². The summed E-state index contributed by atoms with van der Waals surface area (Å²) in [7, 11) is 0. The van der Waals surface area contributed by atoms with Crippen LogP contribution < -0.4 is 0 Å². The molecule has 1 aromatic heterocycles. The van der Waals surface area contributed by atoms with Gasteiger partial charge >= 0.3 is 6.18 Å². The number of alkyl halides is 3. The van der Waals surface area contributed by atoms with Gasteiger partial charge in [-0.2, -0.15) is 13.2 Å². The number of aromatic nitrogens is 1. The normalized spacial score (nSPS) is 12.1. The van der Waals surface area contributed by atoms with Crippen LogP contribution in [0.25, 0.3) is 10.8 Å². The number of benzene rings is 1. The lowest BCUT2D eigenvalue weighted by atomic mass is 10.0. The average molecular weight is 253 g/mol. The van der Waals surface area contributed by atoms with Crippen LogP contribution >= 0.6 is 0 Å². The van der Waals surface area contributed by atoms with Crippen molar-refractivity contribution in [1.29, 1.82) is 0 Å². The van der Waals surface area contributed by atoms with Gasteiger partial charge in [-0.1, -0.05) is 19.9 Å². The van der Waals surface area contributed by atoms with E-state index in [9.17, 15) is 13.2 Å². The number of hydrogen-bond acceptors (Lipinski definition) is 1. The fourth-order valence-corrected chi connectivity index (χ4v) is 2.02. The van der Waals surface area contributed by atoms with Gasteiger partial charge in [-0.3, -0.25) is 4.98 Å². The summed E-state index contributed by atoms with van der Waals surface area (Å²) < 4.78 is 38.0. The zero-order valence-corrected chi connectivity index (χ0v) is 10.3. The lowest BCUT2D eigenvalue weighted by Crippen LogP contribution is -2.05. The van der Waals surface area contributed by atoms with Crippen LogP contribution in [0.4, 0.5) is 13.2 Å².